The van der Waals surface area contributed by atoms with Gasteiger partial charge in [-0.3, -0.25) is 4.79 Å². The van der Waals surface area contributed by atoms with E-state index in [0.717, 1.165) is 0 Å². The normalized spacial score (nSPS) is 11.6. The number of anilines is 1. The molecule has 0 radical (unpaired) electrons. The van der Waals surface area contributed by atoms with Crippen molar-refractivity contribution in [1.82, 2.24) is 0 Å². The molecule has 2 aromatic rings. The summed E-state index contributed by atoms with van der Waals surface area (Å²) < 4.78 is 1.60. The molecule has 0 spiro atoms. The summed E-state index contributed by atoms with van der Waals surface area (Å²) in [6.45, 7) is 0. The van der Waals surface area contributed by atoms with Crippen molar-refractivity contribution in [2.45, 2.75) is 0 Å². The van der Waals surface area contributed by atoms with Crippen LogP contribution in [0.25, 0.3) is 5.70 Å². The van der Waals surface area contributed by atoms with E-state index in [9.17, 15) is 4.79 Å². The molecule has 1 amide bonds. The number of rotatable bonds is 3. The van der Waals surface area contributed by atoms with Crippen LogP contribution in [-0.4, -0.2) is 5.91 Å². The van der Waals surface area contributed by atoms with Gasteiger partial charge in [0.2, 0.25) is 0 Å². The van der Waals surface area contributed by atoms with Crippen molar-refractivity contribution in [3.63, 3.8) is 0 Å². The summed E-state index contributed by atoms with van der Waals surface area (Å²) in [5.41, 5.74) is 6.56. The molecule has 0 bridgehead atoms. The van der Waals surface area contributed by atoms with Gasteiger partial charge in [0.05, 0.1) is 0 Å². The van der Waals surface area contributed by atoms with Gasteiger partial charge in [-0.1, -0.05) is 24.3 Å². The van der Waals surface area contributed by atoms with E-state index < -0.39 is 0 Å². The monoisotopic (exact) mass is 271 g/mol. The summed E-state index contributed by atoms with van der Waals surface area (Å²) in [6.07, 6.45) is 3.44. The van der Waals surface area contributed by atoms with Gasteiger partial charge < -0.3 is 23.7 Å². The minimum Gasteiger partial charge on any atom is -0.756 e. The Labute approximate surface area is 117 Å². The Morgan fingerprint density at radius 3 is 2.21 bits per heavy atom. The number of carbonyl (C=O) groups is 1. The third-order valence-corrected chi connectivity index (χ3v) is 2.65. The van der Waals surface area contributed by atoms with Crippen molar-refractivity contribution in [2.75, 3.05) is 5.32 Å². The van der Waals surface area contributed by atoms with Crippen LogP contribution in [-0.2, 0) is 17.4 Å². The SMILES string of the molecule is N/C([S-])=C(/C(=O)Nc1ccccc1)[n+]1ccccc1. The van der Waals surface area contributed by atoms with E-state index in [2.05, 4.69) is 5.32 Å². The zero-order chi connectivity index (χ0) is 13.7. The molecule has 1 aromatic heterocycles. The fourth-order valence-corrected chi connectivity index (χ4v) is 1.81. The summed E-state index contributed by atoms with van der Waals surface area (Å²) in [5, 5.41) is 2.80. The van der Waals surface area contributed by atoms with Gasteiger partial charge in [-0.15, -0.1) is 0 Å². The van der Waals surface area contributed by atoms with Crippen LogP contribution < -0.4 is 15.6 Å². The number of hydrogen-bond donors (Lipinski definition) is 2. The van der Waals surface area contributed by atoms with E-state index in [0.29, 0.717) is 5.69 Å². The average molecular weight is 271 g/mol. The molecule has 96 valence electrons. The molecule has 2 rings (SSSR count). The Hall–Kier alpha value is -2.40. The summed E-state index contributed by atoms with van der Waals surface area (Å²) in [4.78, 5) is 12.2. The van der Waals surface area contributed by atoms with Crippen molar-refractivity contribution >= 4 is 29.9 Å². The number of benzene rings is 1. The van der Waals surface area contributed by atoms with Crippen LogP contribution in [0.5, 0.6) is 0 Å². The molecule has 0 atom stereocenters. The third kappa shape index (κ3) is 3.29. The fraction of sp³-hybridized carbons (Fsp3) is 0. The number of hydrogen-bond acceptors (Lipinski definition) is 3. The lowest BCUT2D eigenvalue weighted by atomic mass is 10.3. The lowest BCUT2D eigenvalue weighted by Crippen LogP contribution is -2.40. The first-order chi connectivity index (χ1) is 9.18. The number of nitrogens with zero attached hydrogens (tertiary/aromatic N) is 1. The lowest BCUT2D eigenvalue weighted by Gasteiger charge is -2.10. The predicted molar refractivity (Wildman–Crippen MR) is 76.5 cm³/mol. The van der Waals surface area contributed by atoms with E-state index in [1.165, 1.54) is 0 Å². The Bertz CT molecular complexity index is 593. The Kier molecular flexibility index (Phi) is 4.10. The van der Waals surface area contributed by atoms with Crippen LogP contribution in [0.2, 0.25) is 0 Å². The maximum Gasteiger partial charge on any atom is 0.320 e. The molecule has 0 fully saturated rings. The van der Waals surface area contributed by atoms with Crippen LogP contribution in [0.3, 0.4) is 0 Å². The largest absolute Gasteiger partial charge is 0.756 e. The first-order valence-electron chi connectivity index (χ1n) is 5.68. The van der Waals surface area contributed by atoms with E-state index in [1.807, 2.05) is 24.3 Å². The number of nitrogens with one attached hydrogen (secondary N) is 1. The van der Waals surface area contributed by atoms with E-state index in [1.54, 1.807) is 41.2 Å². The molecule has 0 aliphatic heterocycles. The minimum absolute atomic E-state index is 0.0460. The molecule has 3 N–H and O–H groups in total. The van der Waals surface area contributed by atoms with Gasteiger partial charge in [0.15, 0.2) is 12.4 Å². The summed E-state index contributed by atoms with van der Waals surface area (Å²) in [5.74, 6) is -0.338. The van der Waals surface area contributed by atoms with Gasteiger partial charge in [0.1, 0.15) is 0 Å². The maximum atomic E-state index is 12.2. The van der Waals surface area contributed by atoms with Crippen LogP contribution in [0.4, 0.5) is 5.69 Å². The van der Waals surface area contributed by atoms with Crippen LogP contribution in [0.15, 0.2) is 66.0 Å². The summed E-state index contributed by atoms with van der Waals surface area (Å²) in [7, 11) is 0. The van der Waals surface area contributed by atoms with Gasteiger partial charge in [0, 0.05) is 17.8 Å². The molecule has 4 nitrogen and oxygen atoms in total. The summed E-state index contributed by atoms with van der Waals surface area (Å²) in [6, 6.07) is 14.6. The quantitative estimate of drug-likeness (QED) is 0.502. The molecule has 0 aliphatic carbocycles. The van der Waals surface area contributed by atoms with E-state index in [4.69, 9.17) is 18.4 Å². The number of carbonyl (C=O) groups excluding carboxylic acids is 1. The van der Waals surface area contributed by atoms with Crippen molar-refractivity contribution in [3.05, 3.63) is 66.0 Å². The number of para-hydroxylation sites is 1. The highest BCUT2D eigenvalue weighted by atomic mass is 32.1. The van der Waals surface area contributed by atoms with Gasteiger partial charge in [-0.25, -0.2) is 0 Å². The molecule has 0 unspecified atom stereocenters. The van der Waals surface area contributed by atoms with Gasteiger partial charge >= 0.3 is 5.91 Å². The summed E-state index contributed by atoms with van der Waals surface area (Å²) >= 11 is 4.95. The van der Waals surface area contributed by atoms with Gasteiger partial charge in [0.25, 0.3) is 5.70 Å². The molecular weight excluding hydrogens is 258 g/mol. The van der Waals surface area contributed by atoms with Crippen LogP contribution >= 0.6 is 0 Å². The van der Waals surface area contributed by atoms with Crippen molar-refractivity contribution < 1.29 is 9.36 Å². The van der Waals surface area contributed by atoms with Crippen LogP contribution in [0, 0.1) is 0 Å². The molecular formula is C14H13N3OS. The molecule has 0 saturated heterocycles. The average Bonchev–Trinajstić information content (AvgIpc) is 2.40. The first kappa shape index (κ1) is 13.0. The second-order valence-corrected chi connectivity index (χ2v) is 4.26. The third-order valence-electron chi connectivity index (χ3n) is 2.45. The molecule has 0 aliphatic rings. The number of pyridine rings is 1. The first-order valence-corrected chi connectivity index (χ1v) is 6.09. The highest BCUT2D eigenvalue weighted by Gasteiger charge is 2.19. The Morgan fingerprint density at radius 1 is 1.05 bits per heavy atom. The Morgan fingerprint density at radius 2 is 1.63 bits per heavy atom. The van der Waals surface area contributed by atoms with E-state index >= 15 is 0 Å². The molecule has 0 saturated carbocycles. The van der Waals surface area contributed by atoms with Crippen molar-refractivity contribution in [3.8, 4) is 0 Å². The minimum atomic E-state index is -0.338. The topological polar surface area (TPSA) is 59.0 Å². The van der Waals surface area contributed by atoms with Gasteiger partial charge in [-0.2, -0.15) is 4.57 Å². The molecule has 1 heterocycles. The lowest BCUT2D eigenvalue weighted by molar-refractivity contribution is -0.577. The molecule has 19 heavy (non-hydrogen) atoms. The smallest absolute Gasteiger partial charge is 0.320 e. The standard InChI is InChI=1S/C14H13N3OS/c15-13(19)12(17-9-5-2-6-10-17)14(18)16-11-7-3-1-4-8-11/h1-10H,(H3-,15,16,18,19). The van der Waals surface area contributed by atoms with Crippen molar-refractivity contribution in [1.29, 1.82) is 0 Å². The number of nitrogens with two attached hydrogens (primary N) is 1. The van der Waals surface area contributed by atoms with E-state index in [-0.39, 0.29) is 16.6 Å². The zero-order valence-corrected chi connectivity index (χ0v) is 10.9. The zero-order valence-electron chi connectivity index (χ0n) is 10.1. The number of aromatic nitrogens is 1. The second kappa shape index (κ2) is 5.97. The highest BCUT2D eigenvalue weighted by Crippen LogP contribution is 2.08. The van der Waals surface area contributed by atoms with Crippen LogP contribution in [0.1, 0.15) is 0 Å². The second-order valence-electron chi connectivity index (χ2n) is 3.82. The predicted octanol–water partition coefficient (Wildman–Crippen LogP) is 1.24. The highest BCUT2D eigenvalue weighted by molar-refractivity contribution is 7.63. The number of amides is 1. The molecule has 1 aromatic carbocycles. The molecule has 5 heteroatoms. The Balaban J connectivity index is 2.27. The van der Waals surface area contributed by atoms with Crippen molar-refractivity contribution in [2.24, 2.45) is 5.73 Å². The van der Waals surface area contributed by atoms with Gasteiger partial charge in [-0.05, 0) is 17.2 Å². The maximum absolute atomic E-state index is 12.2. The fourth-order valence-electron chi connectivity index (χ4n) is 1.62.